The molecule has 2 aromatic rings. The van der Waals surface area contributed by atoms with Gasteiger partial charge in [0.1, 0.15) is 0 Å². The molecule has 0 bridgehead atoms. The molecule has 0 spiro atoms. The third kappa shape index (κ3) is 71.6. The molecule has 2 nitrogen and oxygen atoms in total. The average Bonchev–Trinajstić information content (AvgIpc) is 0.803. The molecule has 0 fully saturated rings. The van der Waals surface area contributed by atoms with E-state index in [4.69, 9.17) is 0 Å². The van der Waals surface area contributed by atoms with Gasteiger partial charge >= 0.3 is 166 Å². The Kier molecular flexibility index (Phi) is 83.5. The third-order valence-electron chi connectivity index (χ3n) is 22.9. The monoisotopic (exact) mass is 1500 g/mol. The molecule has 0 aliphatic carbocycles. The van der Waals surface area contributed by atoms with E-state index in [0.29, 0.717) is 0 Å². The third-order valence-corrected chi connectivity index (χ3v) is 24.2. The van der Waals surface area contributed by atoms with E-state index in [1.54, 1.807) is 0 Å². The van der Waals surface area contributed by atoms with Crippen LogP contribution in [0, 0.1) is 0 Å². The van der Waals surface area contributed by atoms with Crippen molar-refractivity contribution >= 4 is 11.4 Å². The van der Waals surface area contributed by atoms with Crippen LogP contribution in [0.25, 0.3) is 11.1 Å². The molecule has 0 atom stereocenters. The summed E-state index contributed by atoms with van der Waals surface area (Å²) in [6.45, 7) is 11.5. The molecule has 0 heterocycles. The summed E-state index contributed by atoms with van der Waals surface area (Å²) in [5, 5.41) is 2.87. The van der Waals surface area contributed by atoms with Crippen molar-refractivity contribution in [3.63, 3.8) is 0 Å². The maximum absolute atomic E-state index is 9.36. The molecule has 0 amide bonds. The first-order chi connectivity index (χ1) is 52.2. The van der Waals surface area contributed by atoms with E-state index in [1.807, 2.05) is 6.08 Å². The normalized spacial score (nSPS) is 11.8. The first-order valence-electron chi connectivity index (χ1n) is 48.1. The van der Waals surface area contributed by atoms with Crippen LogP contribution in [0.3, 0.4) is 0 Å². The van der Waals surface area contributed by atoms with Gasteiger partial charge in [-0.1, -0.05) is 391 Å². The van der Waals surface area contributed by atoms with Crippen LogP contribution in [0.5, 0.6) is 0 Å². The molecule has 3 heteroatoms. The summed E-state index contributed by atoms with van der Waals surface area (Å²) in [6.07, 6.45) is 116. The second kappa shape index (κ2) is 87.2. The molecule has 105 heavy (non-hydrogen) atoms. The second-order valence-corrected chi connectivity index (χ2v) is 34.6. The summed E-state index contributed by atoms with van der Waals surface area (Å²) in [4.78, 5) is 3.27. The summed E-state index contributed by atoms with van der Waals surface area (Å²) >= 11 is 2.05. The van der Waals surface area contributed by atoms with Gasteiger partial charge in [0.2, 0.25) is 0 Å². The topological polar surface area (TPSA) is 36.4 Å². The average molecular weight is 1500 g/mol. The molecule has 0 aliphatic rings. The minimum Gasteiger partial charge on any atom is -0.0654 e. The van der Waals surface area contributed by atoms with Crippen molar-refractivity contribution in [3.8, 4) is 0 Å². The Morgan fingerprint density at radius 2 is 0.600 bits per heavy atom. The van der Waals surface area contributed by atoms with Gasteiger partial charge in [0.15, 0.2) is 0 Å². The zero-order chi connectivity index (χ0) is 75.2. The Balaban J connectivity index is 0.00000108. The van der Waals surface area contributed by atoms with Crippen LogP contribution >= 0.6 is 0 Å². The Bertz CT molecular complexity index is 2130. The van der Waals surface area contributed by atoms with Gasteiger partial charge in [-0.3, -0.25) is 0 Å². The predicted octanol–water partition coefficient (Wildman–Crippen LogP) is 36.8. The summed E-state index contributed by atoms with van der Waals surface area (Å²) < 4.78 is 0. The van der Waals surface area contributed by atoms with E-state index in [-0.39, 0.29) is 0 Å². The van der Waals surface area contributed by atoms with Crippen LogP contribution in [-0.4, -0.2) is 10.7 Å². The van der Waals surface area contributed by atoms with Crippen molar-refractivity contribution in [2.45, 2.75) is 540 Å². The number of rotatable bonds is 83. The summed E-state index contributed by atoms with van der Waals surface area (Å²) in [7, 11) is 0. The molecule has 0 saturated carbocycles. The van der Waals surface area contributed by atoms with Crippen molar-refractivity contribution in [1.29, 1.82) is 0 Å². The van der Waals surface area contributed by atoms with Gasteiger partial charge in [-0.05, 0) is 91.2 Å². The van der Waals surface area contributed by atoms with Gasteiger partial charge in [-0.15, -0.1) is 4.79 Å². The molecular weight excluding hydrogens is 1310 g/mol. The summed E-state index contributed by atoms with van der Waals surface area (Å²) in [6, 6.07) is 18.1. The molecule has 0 saturated heterocycles. The van der Waals surface area contributed by atoms with Gasteiger partial charge in [-0.25, -0.2) is 0 Å². The molecule has 0 radical (unpaired) electrons. The Labute approximate surface area is 666 Å². The molecule has 0 aliphatic heterocycles. The predicted molar refractivity (Wildman–Crippen MR) is 473 cm³/mol. The zero-order valence-electron chi connectivity index (χ0n) is 71.9. The Morgan fingerprint density at radius 3 is 0.933 bits per heavy atom. The Hall–Kier alpha value is -2.43. The number of benzene rings is 2. The number of unbranched alkanes of at least 4 members (excludes halogenated alkanes) is 68. The molecule has 0 N–H and O–H groups in total. The van der Waals surface area contributed by atoms with E-state index < -0.39 is 0 Å². The van der Waals surface area contributed by atoms with Crippen LogP contribution in [0.2, 0.25) is 10.8 Å². The smallest absolute Gasteiger partial charge is 0.0654 e. The molecule has 2 rings (SSSR count). The second-order valence-electron chi connectivity index (χ2n) is 33.1. The van der Waals surface area contributed by atoms with E-state index in [1.165, 1.54) is 500 Å². The van der Waals surface area contributed by atoms with Crippen molar-refractivity contribution in [1.82, 2.24) is 0 Å². The van der Waals surface area contributed by atoms with Crippen LogP contribution in [0.4, 0.5) is 0 Å². The van der Waals surface area contributed by atoms with Gasteiger partial charge < -0.3 is 5.53 Å². The van der Waals surface area contributed by atoms with E-state index >= 15 is 0 Å². The minimum atomic E-state index is 0.952. The van der Waals surface area contributed by atoms with E-state index in [2.05, 4.69) is 120 Å². The van der Waals surface area contributed by atoms with Gasteiger partial charge in [0.25, 0.3) is 5.87 Å². The van der Waals surface area contributed by atoms with Gasteiger partial charge in [0, 0.05) is 0 Å². The number of hydrogen-bond acceptors (Lipinski definition) is 0. The number of allylic oxidation sites excluding steroid dienone is 4. The SMILES string of the molecule is CCCCCCCCCCCCCCCCCCCCCCCCCC=CCCCc1ccccc1C(=C(C=C=[N+]=[N-])CCCCCC)c1cccc(CCCC)c1.CCCCCCCCCCCCCCCCCCCCCC[CH2][Ni][CH2]CCCCCCCCCCCCCCCCCCCCCC. The van der Waals surface area contributed by atoms with Crippen LogP contribution < -0.4 is 0 Å². The van der Waals surface area contributed by atoms with Gasteiger partial charge in [-0.2, -0.15) is 0 Å². The summed E-state index contributed by atoms with van der Waals surface area (Å²) in [5.74, 6) is 2.78. The van der Waals surface area contributed by atoms with Gasteiger partial charge in [0.05, 0.1) is 6.08 Å². The first kappa shape index (κ1) is 101. The van der Waals surface area contributed by atoms with Crippen molar-refractivity contribution < 1.29 is 19.2 Å². The fourth-order valence-corrected chi connectivity index (χ4v) is 17.1. The molecule has 2 aromatic carbocycles. The number of aryl methyl sites for hydroxylation is 2. The number of nitrogens with zero attached hydrogens (tertiary/aromatic N) is 2. The fraction of sp³-hybridized carbons (Fsp3) is 0.824. The fourth-order valence-electron chi connectivity index (χ4n) is 15.8. The zero-order valence-corrected chi connectivity index (χ0v) is 72.9. The minimum absolute atomic E-state index is 0.952. The Morgan fingerprint density at radius 1 is 0.305 bits per heavy atom. The van der Waals surface area contributed by atoms with E-state index in [9.17, 15) is 5.53 Å². The standard InChI is InChI=1S/C56H90N2.2C23H47.Ni/c1-4-7-10-12-13-14-15-16-17-18-19-20-21-22-23-24-25-26-27-28-29-30-31-32-33-34-35-37-43-52-44-38-39-47-55(52)56(53(48-49-58-57)45-36-11-8-5-2)54-46-40-42-51(50-54)41-9-6-3;2*1-3-5-7-9-11-13-15-17-19-21-23-22-20-18-16-14-12-10-8-6-4-2;/h33-34,38-40,42,44,46-48,50H,4-32,35-37,41,43,45H2,1-3H3;2*1,3-23H2,2H3;. The van der Waals surface area contributed by atoms with Crippen LogP contribution in [0.15, 0.2) is 72.3 Å². The van der Waals surface area contributed by atoms with E-state index in [0.717, 1.165) is 38.5 Å². The molecular formula is C102H184N2Ni. The van der Waals surface area contributed by atoms with Crippen molar-refractivity contribution in [2.75, 3.05) is 0 Å². The summed E-state index contributed by atoms with van der Waals surface area (Å²) in [5.41, 5.74) is 17.2. The number of hydrogen-bond donors (Lipinski definition) is 0. The quantitative estimate of drug-likeness (QED) is 0.0120. The molecule has 0 unspecified atom stereocenters. The maximum atomic E-state index is 9.36. The first-order valence-corrected chi connectivity index (χ1v) is 49.5. The molecule has 612 valence electrons. The van der Waals surface area contributed by atoms with Crippen molar-refractivity contribution in [2.24, 2.45) is 0 Å². The van der Waals surface area contributed by atoms with Crippen molar-refractivity contribution in [3.05, 3.63) is 100 Å². The molecule has 0 aromatic heterocycles. The van der Waals surface area contributed by atoms with Crippen LogP contribution in [0.1, 0.15) is 538 Å². The van der Waals surface area contributed by atoms with Crippen LogP contribution in [-0.2, 0) is 27.3 Å².